The summed E-state index contributed by atoms with van der Waals surface area (Å²) in [5.41, 5.74) is 2.94. The van der Waals surface area contributed by atoms with Crippen molar-refractivity contribution in [3.8, 4) is 0 Å². The van der Waals surface area contributed by atoms with Gasteiger partial charge in [0, 0.05) is 13.0 Å². The summed E-state index contributed by atoms with van der Waals surface area (Å²) in [6.45, 7) is 11.2. The zero-order chi connectivity index (χ0) is 17.0. The van der Waals surface area contributed by atoms with Crippen molar-refractivity contribution in [1.29, 1.82) is 0 Å². The molecule has 4 atom stereocenters. The molecule has 0 spiro atoms. The molecule has 130 valence electrons. The minimum atomic E-state index is -0.581. The summed E-state index contributed by atoms with van der Waals surface area (Å²) >= 11 is 0. The highest BCUT2D eigenvalue weighted by Crippen LogP contribution is 2.46. The molecule has 0 amide bonds. The van der Waals surface area contributed by atoms with Crippen molar-refractivity contribution in [3.05, 3.63) is 35.5 Å². The largest absolute Gasteiger partial charge is 0.349 e. The Morgan fingerprint density at radius 3 is 2.65 bits per heavy atom. The van der Waals surface area contributed by atoms with Crippen LogP contribution in [0.3, 0.4) is 0 Å². The van der Waals surface area contributed by atoms with Gasteiger partial charge in [0.1, 0.15) is 0 Å². The Morgan fingerprint density at radius 1 is 1.26 bits per heavy atom. The van der Waals surface area contributed by atoms with E-state index in [1.54, 1.807) is 7.11 Å². The van der Waals surface area contributed by atoms with Crippen LogP contribution in [0.5, 0.6) is 0 Å². The van der Waals surface area contributed by atoms with Gasteiger partial charge in [0.25, 0.3) is 0 Å². The smallest absolute Gasteiger partial charge is 0.191 e. The number of methoxy groups -OCH3 is 1. The summed E-state index contributed by atoms with van der Waals surface area (Å²) in [6, 6.07) is 0. The maximum atomic E-state index is 6.50. The Hall–Kier alpha value is -0.860. The van der Waals surface area contributed by atoms with Gasteiger partial charge in [-0.05, 0) is 57.4 Å². The van der Waals surface area contributed by atoms with Gasteiger partial charge < -0.3 is 9.47 Å². The maximum Gasteiger partial charge on any atom is 0.191 e. The molecule has 1 saturated heterocycles. The summed E-state index contributed by atoms with van der Waals surface area (Å²) in [5.74, 6) is 0.772. The summed E-state index contributed by atoms with van der Waals surface area (Å²) in [4.78, 5) is 0. The van der Waals surface area contributed by atoms with Crippen LogP contribution in [0, 0.1) is 17.8 Å². The molecule has 0 unspecified atom stereocenters. The first-order valence-corrected chi connectivity index (χ1v) is 9.13. The quantitative estimate of drug-likeness (QED) is 0.625. The van der Waals surface area contributed by atoms with Gasteiger partial charge in [-0.15, -0.1) is 0 Å². The summed E-state index contributed by atoms with van der Waals surface area (Å²) in [5, 5.41) is 0. The van der Waals surface area contributed by atoms with E-state index < -0.39 is 5.79 Å². The third-order valence-corrected chi connectivity index (χ3v) is 5.40. The van der Waals surface area contributed by atoms with Crippen molar-refractivity contribution >= 4 is 0 Å². The topological polar surface area (TPSA) is 18.5 Å². The van der Waals surface area contributed by atoms with E-state index in [4.69, 9.17) is 9.47 Å². The molecule has 23 heavy (non-hydrogen) atoms. The summed E-state index contributed by atoms with van der Waals surface area (Å²) < 4.78 is 12.4. The molecule has 0 N–H and O–H groups in total. The second-order valence-corrected chi connectivity index (χ2v) is 7.70. The third-order valence-electron chi connectivity index (χ3n) is 5.40. The van der Waals surface area contributed by atoms with Crippen LogP contribution < -0.4 is 0 Å². The molecule has 2 nitrogen and oxygen atoms in total. The van der Waals surface area contributed by atoms with E-state index in [9.17, 15) is 0 Å². The van der Waals surface area contributed by atoms with Crippen LogP contribution in [0.2, 0.25) is 0 Å². The lowest BCUT2D eigenvalue weighted by Crippen LogP contribution is -2.35. The fourth-order valence-corrected chi connectivity index (χ4v) is 3.79. The van der Waals surface area contributed by atoms with E-state index >= 15 is 0 Å². The lowest BCUT2D eigenvalue weighted by Gasteiger charge is -2.29. The van der Waals surface area contributed by atoms with Crippen molar-refractivity contribution in [2.45, 2.75) is 72.2 Å². The molecular formula is C21H34O2. The van der Waals surface area contributed by atoms with Crippen molar-refractivity contribution in [2.75, 3.05) is 7.11 Å². The molecule has 2 aliphatic rings. The first kappa shape index (κ1) is 18.5. The lowest BCUT2D eigenvalue weighted by molar-refractivity contribution is -0.187. The minimum Gasteiger partial charge on any atom is -0.349 e. The van der Waals surface area contributed by atoms with E-state index in [1.807, 2.05) is 0 Å². The number of allylic oxidation sites excluding steroid dienone is 4. The van der Waals surface area contributed by atoms with Crippen LogP contribution >= 0.6 is 0 Å². The fourth-order valence-electron chi connectivity index (χ4n) is 3.79. The van der Waals surface area contributed by atoms with Gasteiger partial charge in [-0.1, -0.05) is 50.1 Å². The number of rotatable bonds is 3. The molecule has 2 rings (SSSR count). The van der Waals surface area contributed by atoms with Gasteiger partial charge in [-0.2, -0.15) is 0 Å². The number of ether oxygens (including phenoxy) is 2. The Morgan fingerprint density at radius 2 is 2.00 bits per heavy atom. The van der Waals surface area contributed by atoms with Crippen LogP contribution in [-0.2, 0) is 9.47 Å². The van der Waals surface area contributed by atoms with Crippen LogP contribution in [0.1, 0.15) is 60.3 Å². The average Bonchev–Trinajstić information content (AvgIpc) is 2.75. The predicted molar refractivity (Wildman–Crippen MR) is 97.2 cm³/mol. The van der Waals surface area contributed by atoms with E-state index in [-0.39, 0.29) is 6.10 Å². The SMILES string of the molecule is CO[C@@]1(/C=C/C(C)C)O[C@@H]2/C=C(\C)CC/C=C(\C)CC[C@@H]2[C@H]1C. The molecular weight excluding hydrogens is 284 g/mol. The van der Waals surface area contributed by atoms with Gasteiger partial charge in [0.15, 0.2) is 5.79 Å². The number of hydrogen-bond donors (Lipinski definition) is 0. The van der Waals surface area contributed by atoms with Gasteiger partial charge in [-0.3, -0.25) is 0 Å². The summed E-state index contributed by atoms with van der Waals surface area (Å²) in [6.07, 6.45) is 13.9. The van der Waals surface area contributed by atoms with Gasteiger partial charge in [0.2, 0.25) is 0 Å². The molecule has 1 aliphatic carbocycles. The monoisotopic (exact) mass is 318 g/mol. The van der Waals surface area contributed by atoms with E-state index in [1.165, 1.54) is 17.6 Å². The van der Waals surface area contributed by atoms with Crippen LogP contribution in [0.25, 0.3) is 0 Å². The third kappa shape index (κ3) is 4.36. The molecule has 0 aromatic heterocycles. The van der Waals surface area contributed by atoms with Crippen LogP contribution in [0.4, 0.5) is 0 Å². The Kier molecular flexibility index (Phi) is 6.27. The Labute approximate surface area is 142 Å². The predicted octanol–water partition coefficient (Wildman–Crippen LogP) is 5.66. The van der Waals surface area contributed by atoms with E-state index in [2.05, 4.69) is 58.9 Å². The molecule has 0 bridgehead atoms. The second-order valence-electron chi connectivity index (χ2n) is 7.70. The zero-order valence-electron chi connectivity index (χ0n) is 15.8. The first-order chi connectivity index (χ1) is 10.9. The molecule has 1 heterocycles. The van der Waals surface area contributed by atoms with Gasteiger partial charge in [-0.25, -0.2) is 0 Å². The number of fused-ring (bicyclic) bond motifs is 1. The van der Waals surface area contributed by atoms with E-state index in [0.717, 1.165) is 19.3 Å². The minimum absolute atomic E-state index is 0.160. The Balaban J connectivity index is 2.31. The normalized spacial score (nSPS) is 40.6. The highest BCUT2D eigenvalue weighted by molar-refractivity contribution is 5.15. The van der Waals surface area contributed by atoms with Crippen molar-refractivity contribution < 1.29 is 9.47 Å². The first-order valence-electron chi connectivity index (χ1n) is 9.13. The molecule has 0 aromatic rings. The zero-order valence-corrected chi connectivity index (χ0v) is 15.8. The lowest BCUT2D eigenvalue weighted by atomic mass is 9.81. The maximum absolute atomic E-state index is 6.50. The molecule has 1 aliphatic heterocycles. The molecule has 2 heteroatoms. The Bertz CT molecular complexity index is 486. The average molecular weight is 319 g/mol. The molecule has 0 saturated carbocycles. The van der Waals surface area contributed by atoms with E-state index in [0.29, 0.717) is 17.8 Å². The van der Waals surface area contributed by atoms with Crippen LogP contribution in [-0.4, -0.2) is 19.0 Å². The highest BCUT2D eigenvalue weighted by atomic mass is 16.7. The van der Waals surface area contributed by atoms with Crippen LogP contribution in [0.15, 0.2) is 35.5 Å². The molecule has 0 radical (unpaired) electrons. The second kappa shape index (κ2) is 7.81. The number of hydrogen-bond acceptors (Lipinski definition) is 2. The highest BCUT2D eigenvalue weighted by Gasteiger charge is 2.50. The fraction of sp³-hybridized carbons (Fsp3) is 0.714. The van der Waals surface area contributed by atoms with Gasteiger partial charge in [0.05, 0.1) is 6.10 Å². The van der Waals surface area contributed by atoms with Gasteiger partial charge >= 0.3 is 0 Å². The standard InChI is InChI=1S/C21H34O2/c1-15(2)12-13-21(22-6)18(5)19-11-10-16(3)8-7-9-17(4)14-20(19)23-21/h8,12-15,18-20H,7,9-11H2,1-6H3/b13-12+,16-8+,17-14+/t18-,19-,20-,21+/m1/s1. The molecule has 0 aromatic carbocycles. The van der Waals surface area contributed by atoms with Crippen molar-refractivity contribution in [2.24, 2.45) is 17.8 Å². The summed E-state index contributed by atoms with van der Waals surface area (Å²) in [7, 11) is 1.78. The molecule has 1 fully saturated rings. The van der Waals surface area contributed by atoms with Crippen molar-refractivity contribution in [1.82, 2.24) is 0 Å². The van der Waals surface area contributed by atoms with Crippen molar-refractivity contribution in [3.63, 3.8) is 0 Å².